The summed E-state index contributed by atoms with van der Waals surface area (Å²) in [5.41, 5.74) is 8.92. The molecule has 0 aromatic carbocycles. The number of hydrogen-bond donors (Lipinski definition) is 1. The molecule has 1 unspecified atom stereocenters. The molecule has 1 saturated carbocycles. The highest BCUT2D eigenvalue weighted by molar-refractivity contribution is 5.38. The highest BCUT2D eigenvalue weighted by Gasteiger charge is 2.59. The van der Waals surface area contributed by atoms with Gasteiger partial charge in [-0.25, -0.2) is 0 Å². The maximum Gasteiger partial charge on any atom is 0.0471 e. The molecule has 2 rings (SSSR count). The number of nitrogens with two attached hydrogens (primary N) is 1. The van der Waals surface area contributed by atoms with Gasteiger partial charge in [0.25, 0.3) is 0 Å². The Morgan fingerprint density at radius 1 is 1.46 bits per heavy atom. The first-order valence-electron chi connectivity index (χ1n) is 4.67. The molecule has 1 aromatic rings. The van der Waals surface area contributed by atoms with E-state index in [0.29, 0.717) is 0 Å². The van der Waals surface area contributed by atoms with Crippen molar-refractivity contribution in [3.05, 3.63) is 29.6 Å². The third-order valence-corrected chi connectivity index (χ3v) is 3.30. The summed E-state index contributed by atoms with van der Waals surface area (Å²) >= 11 is 0. The minimum atomic E-state index is -0.111. The molecule has 0 aliphatic heterocycles. The SMILES string of the molecule is Cc1cnccc1C1(N)CC1(C)C. The summed E-state index contributed by atoms with van der Waals surface area (Å²) in [6, 6.07) is 2.05. The highest BCUT2D eigenvalue weighted by Crippen LogP contribution is 2.60. The van der Waals surface area contributed by atoms with Gasteiger partial charge in [0.2, 0.25) is 0 Å². The summed E-state index contributed by atoms with van der Waals surface area (Å²) in [5.74, 6) is 0. The van der Waals surface area contributed by atoms with Crippen LogP contribution in [0.2, 0.25) is 0 Å². The van der Waals surface area contributed by atoms with E-state index in [1.165, 1.54) is 11.1 Å². The molecule has 0 saturated heterocycles. The van der Waals surface area contributed by atoms with Crippen molar-refractivity contribution < 1.29 is 0 Å². The summed E-state index contributed by atoms with van der Waals surface area (Å²) in [5, 5.41) is 0. The molecule has 2 N–H and O–H groups in total. The number of aryl methyl sites for hydroxylation is 1. The Morgan fingerprint density at radius 3 is 2.54 bits per heavy atom. The summed E-state index contributed by atoms with van der Waals surface area (Å²) in [6.45, 7) is 6.51. The number of aromatic nitrogens is 1. The first-order valence-corrected chi connectivity index (χ1v) is 4.67. The van der Waals surface area contributed by atoms with Crippen LogP contribution in [0.3, 0.4) is 0 Å². The van der Waals surface area contributed by atoms with Crippen LogP contribution < -0.4 is 5.73 Å². The first kappa shape index (κ1) is 8.70. The molecule has 1 heterocycles. The summed E-state index contributed by atoms with van der Waals surface area (Å²) in [7, 11) is 0. The van der Waals surface area contributed by atoms with Gasteiger partial charge in [-0.3, -0.25) is 4.98 Å². The molecular weight excluding hydrogens is 160 g/mol. The van der Waals surface area contributed by atoms with Crippen LogP contribution >= 0.6 is 0 Å². The normalized spacial score (nSPS) is 30.2. The standard InChI is InChI=1S/C11H16N2/c1-8-6-13-5-4-9(8)11(12)7-10(11,2)3/h4-6H,7,12H2,1-3H3. The van der Waals surface area contributed by atoms with E-state index in [4.69, 9.17) is 5.73 Å². The van der Waals surface area contributed by atoms with Gasteiger partial charge >= 0.3 is 0 Å². The Bertz CT molecular complexity index is 344. The lowest BCUT2D eigenvalue weighted by molar-refractivity contribution is 0.508. The molecule has 2 heteroatoms. The third kappa shape index (κ3) is 1.09. The van der Waals surface area contributed by atoms with E-state index in [1.807, 2.05) is 18.5 Å². The van der Waals surface area contributed by atoms with E-state index in [9.17, 15) is 0 Å². The third-order valence-electron chi connectivity index (χ3n) is 3.30. The van der Waals surface area contributed by atoms with E-state index in [1.54, 1.807) is 0 Å². The van der Waals surface area contributed by atoms with Gasteiger partial charge in [0, 0.05) is 17.9 Å². The van der Waals surface area contributed by atoms with E-state index in [-0.39, 0.29) is 11.0 Å². The van der Waals surface area contributed by atoms with Crippen molar-refractivity contribution in [1.29, 1.82) is 0 Å². The summed E-state index contributed by atoms with van der Waals surface area (Å²) < 4.78 is 0. The number of pyridine rings is 1. The Hall–Kier alpha value is -0.890. The average molecular weight is 176 g/mol. The quantitative estimate of drug-likeness (QED) is 0.710. The first-order chi connectivity index (χ1) is 5.97. The van der Waals surface area contributed by atoms with Crippen LogP contribution in [0.1, 0.15) is 31.4 Å². The van der Waals surface area contributed by atoms with Crippen molar-refractivity contribution >= 4 is 0 Å². The van der Waals surface area contributed by atoms with Crippen molar-refractivity contribution in [2.24, 2.45) is 11.1 Å². The second kappa shape index (κ2) is 2.32. The Labute approximate surface area is 79.2 Å². The minimum absolute atomic E-state index is 0.111. The number of nitrogens with zero attached hydrogens (tertiary/aromatic N) is 1. The fourth-order valence-electron chi connectivity index (χ4n) is 2.09. The van der Waals surface area contributed by atoms with Gasteiger partial charge in [0.1, 0.15) is 0 Å². The van der Waals surface area contributed by atoms with Crippen LogP contribution in [-0.2, 0) is 5.54 Å². The fraction of sp³-hybridized carbons (Fsp3) is 0.545. The molecule has 0 radical (unpaired) electrons. The zero-order valence-electron chi connectivity index (χ0n) is 8.46. The average Bonchev–Trinajstić information content (AvgIpc) is 2.53. The largest absolute Gasteiger partial charge is 0.321 e. The lowest BCUT2D eigenvalue weighted by Gasteiger charge is -2.17. The van der Waals surface area contributed by atoms with Gasteiger partial charge in [-0.15, -0.1) is 0 Å². The second-order valence-corrected chi connectivity index (χ2v) is 4.72. The second-order valence-electron chi connectivity index (χ2n) is 4.72. The molecule has 0 bridgehead atoms. The molecular formula is C11H16N2. The molecule has 1 aliphatic carbocycles. The van der Waals surface area contributed by atoms with Crippen LogP contribution in [0.4, 0.5) is 0 Å². The topological polar surface area (TPSA) is 38.9 Å². The molecule has 13 heavy (non-hydrogen) atoms. The van der Waals surface area contributed by atoms with Crippen molar-refractivity contribution in [1.82, 2.24) is 4.98 Å². The molecule has 0 amide bonds. The number of rotatable bonds is 1. The fourth-order valence-corrected chi connectivity index (χ4v) is 2.09. The van der Waals surface area contributed by atoms with E-state index >= 15 is 0 Å². The van der Waals surface area contributed by atoms with Crippen molar-refractivity contribution in [2.45, 2.75) is 32.7 Å². The van der Waals surface area contributed by atoms with Crippen LogP contribution in [0.15, 0.2) is 18.5 Å². The Balaban J connectivity index is 2.44. The zero-order valence-corrected chi connectivity index (χ0v) is 8.46. The van der Waals surface area contributed by atoms with E-state index in [2.05, 4.69) is 25.8 Å². The van der Waals surface area contributed by atoms with Crippen LogP contribution in [0, 0.1) is 12.3 Å². The van der Waals surface area contributed by atoms with E-state index in [0.717, 1.165) is 6.42 Å². The smallest absolute Gasteiger partial charge is 0.0471 e. The van der Waals surface area contributed by atoms with Gasteiger partial charge in [-0.1, -0.05) is 13.8 Å². The van der Waals surface area contributed by atoms with Gasteiger partial charge < -0.3 is 5.73 Å². The predicted octanol–water partition coefficient (Wildman–Crippen LogP) is 1.97. The van der Waals surface area contributed by atoms with Crippen LogP contribution in [0.25, 0.3) is 0 Å². The zero-order chi connectivity index (χ0) is 9.69. The van der Waals surface area contributed by atoms with Crippen LogP contribution in [0.5, 0.6) is 0 Å². The monoisotopic (exact) mass is 176 g/mol. The maximum atomic E-state index is 6.32. The van der Waals surface area contributed by atoms with Gasteiger partial charge in [0.05, 0.1) is 0 Å². The van der Waals surface area contributed by atoms with Crippen LogP contribution in [-0.4, -0.2) is 4.98 Å². The van der Waals surface area contributed by atoms with E-state index < -0.39 is 0 Å². The lowest BCUT2D eigenvalue weighted by Crippen LogP contribution is -2.26. The summed E-state index contributed by atoms with van der Waals surface area (Å²) in [6.07, 6.45) is 4.79. The molecule has 1 fully saturated rings. The summed E-state index contributed by atoms with van der Waals surface area (Å²) in [4.78, 5) is 4.08. The molecule has 1 aliphatic rings. The van der Waals surface area contributed by atoms with Gasteiger partial charge in [0.15, 0.2) is 0 Å². The van der Waals surface area contributed by atoms with Gasteiger partial charge in [-0.2, -0.15) is 0 Å². The Morgan fingerprint density at radius 2 is 2.08 bits per heavy atom. The predicted molar refractivity (Wildman–Crippen MR) is 53.2 cm³/mol. The van der Waals surface area contributed by atoms with Crippen molar-refractivity contribution in [3.63, 3.8) is 0 Å². The maximum absolute atomic E-state index is 6.32. The number of hydrogen-bond acceptors (Lipinski definition) is 2. The molecule has 1 atom stereocenters. The van der Waals surface area contributed by atoms with Gasteiger partial charge in [-0.05, 0) is 36.0 Å². The molecule has 70 valence electrons. The molecule has 2 nitrogen and oxygen atoms in total. The Kier molecular flexibility index (Phi) is 1.55. The van der Waals surface area contributed by atoms with Crippen molar-refractivity contribution in [2.75, 3.05) is 0 Å². The molecule has 1 aromatic heterocycles. The minimum Gasteiger partial charge on any atom is -0.321 e. The highest BCUT2D eigenvalue weighted by atomic mass is 14.9. The van der Waals surface area contributed by atoms with Crippen molar-refractivity contribution in [3.8, 4) is 0 Å². The lowest BCUT2D eigenvalue weighted by atomic mass is 9.95. The molecule has 0 spiro atoms.